The normalized spacial score (nSPS) is 11.3. The first-order valence-corrected chi connectivity index (χ1v) is 7.21. The van der Waals surface area contributed by atoms with Gasteiger partial charge in [0.1, 0.15) is 12.4 Å². The molecule has 2 heteroatoms. The van der Waals surface area contributed by atoms with Crippen LogP contribution in [0.5, 0.6) is 5.75 Å². The van der Waals surface area contributed by atoms with Crippen molar-refractivity contribution in [3.63, 3.8) is 0 Å². The van der Waals surface area contributed by atoms with Gasteiger partial charge in [0.15, 0.2) is 0 Å². The Kier molecular flexibility index (Phi) is 5.87. The van der Waals surface area contributed by atoms with Crippen LogP contribution in [0.25, 0.3) is 0 Å². The molecule has 2 nitrogen and oxygen atoms in total. The SMILES string of the molecule is CC#CCCC(N)c1cccc(OCc2ccccc2)c1. The Morgan fingerprint density at radius 2 is 1.90 bits per heavy atom. The number of benzene rings is 2. The summed E-state index contributed by atoms with van der Waals surface area (Å²) >= 11 is 0. The molecular formula is C19H21NO. The van der Waals surface area contributed by atoms with E-state index < -0.39 is 0 Å². The molecule has 2 aromatic rings. The molecule has 0 aromatic heterocycles. The zero-order chi connectivity index (χ0) is 14.9. The third-order valence-electron chi connectivity index (χ3n) is 3.29. The van der Waals surface area contributed by atoms with Crippen LogP contribution in [0.15, 0.2) is 54.6 Å². The quantitative estimate of drug-likeness (QED) is 0.809. The maximum Gasteiger partial charge on any atom is 0.120 e. The fraction of sp³-hybridized carbons (Fsp3) is 0.263. The highest BCUT2D eigenvalue weighted by Crippen LogP contribution is 2.21. The summed E-state index contributed by atoms with van der Waals surface area (Å²) in [5, 5.41) is 0. The molecule has 2 rings (SSSR count). The van der Waals surface area contributed by atoms with Gasteiger partial charge in [-0.05, 0) is 36.6 Å². The molecule has 0 saturated heterocycles. The van der Waals surface area contributed by atoms with Crippen molar-refractivity contribution in [2.45, 2.75) is 32.4 Å². The second-order valence-electron chi connectivity index (χ2n) is 4.92. The lowest BCUT2D eigenvalue weighted by Crippen LogP contribution is -2.10. The zero-order valence-corrected chi connectivity index (χ0v) is 12.4. The van der Waals surface area contributed by atoms with Crippen molar-refractivity contribution in [3.8, 4) is 17.6 Å². The standard InChI is InChI=1S/C19H21NO/c1-2-3-5-13-19(20)17-11-8-12-18(14-17)21-15-16-9-6-4-7-10-16/h4,6-12,14,19H,5,13,15,20H2,1H3. The highest BCUT2D eigenvalue weighted by atomic mass is 16.5. The lowest BCUT2D eigenvalue weighted by molar-refractivity contribution is 0.305. The Labute approximate surface area is 126 Å². The molecular weight excluding hydrogens is 258 g/mol. The second kappa shape index (κ2) is 8.14. The van der Waals surface area contributed by atoms with E-state index in [1.165, 1.54) is 0 Å². The van der Waals surface area contributed by atoms with Crippen molar-refractivity contribution in [3.05, 3.63) is 65.7 Å². The van der Waals surface area contributed by atoms with E-state index in [0.29, 0.717) is 6.61 Å². The van der Waals surface area contributed by atoms with E-state index in [-0.39, 0.29) is 6.04 Å². The minimum absolute atomic E-state index is 0.00567. The van der Waals surface area contributed by atoms with Gasteiger partial charge in [0, 0.05) is 12.5 Å². The van der Waals surface area contributed by atoms with E-state index in [0.717, 1.165) is 29.7 Å². The Morgan fingerprint density at radius 3 is 2.67 bits per heavy atom. The molecule has 108 valence electrons. The van der Waals surface area contributed by atoms with Crippen molar-refractivity contribution in [1.82, 2.24) is 0 Å². The molecule has 2 N–H and O–H groups in total. The van der Waals surface area contributed by atoms with Gasteiger partial charge in [0.2, 0.25) is 0 Å². The van der Waals surface area contributed by atoms with E-state index in [1.54, 1.807) is 0 Å². The van der Waals surface area contributed by atoms with Crippen LogP contribution in [0, 0.1) is 11.8 Å². The molecule has 1 unspecified atom stereocenters. The average molecular weight is 279 g/mol. The van der Waals surface area contributed by atoms with Crippen LogP contribution >= 0.6 is 0 Å². The van der Waals surface area contributed by atoms with Gasteiger partial charge in [-0.25, -0.2) is 0 Å². The third kappa shape index (κ3) is 4.98. The van der Waals surface area contributed by atoms with Crippen molar-refractivity contribution in [2.24, 2.45) is 5.73 Å². The van der Waals surface area contributed by atoms with Crippen LogP contribution < -0.4 is 10.5 Å². The van der Waals surface area contributed by atoms with Crippen molar-refractivity contribution < 1.29 is 4.74 Å². The van der Waals surface area contributed by atoms with Gasteiger partial charge in [-0.1, -0.05) is 42.5 Å². The molecule has 21 heavy (non-hydrogen) atoms. The Bertz CT molecular complexity index is 610. The van der Waals surface area contributed by atoms with Gasteiger partial charge in [-0.15, -0.1) is 11.8 Å². The smallest absolute Gasteiger partial charge is 0.120 e. The molecule has 0 amide bonds. The van der Waals surface area contributed by atoms with Crippen molar-refractivity contribution >= 4 is 0 Å². The predicted molar refractivity (Wildman–Crippen MR) is 86.8 cm³/mol. The number of ether oxygens (including phenoxy) is 1. The van der Waals surface area contributed by atoms with Crippen LogP contribution in [-0.4, -0.2) is 0 Å². The van der Waals surface area contributed by atoms with Crippen LogP contribution in [0.2, 0.25) is 0 Å². The summed E-state index contributed by atoms with van der Waals surface area (Å²) in [6, 6.07) is 18.2. The predicted octanol–water partition coefficient (Wildman–Crippen LogP) is 4.07. The number of nitrogens with two attached hydrogens (primary N) is 1. The molecule has 0 aliphatic rings. The molecule has 0 radical (unpaired) electrons. The number of rotatable bonds is 6. The number of hydrogen-bond donors (Lipinski definition) is 1. The summed E-state index contributed by atoms with van der Waals surface area (Å²) in [6.45, 7) is 2.42. The molecule has 0 aliphatic heterocycles. The first kappa shape index (κ1) is 15.2. The highest BCUT2D eigenvalue weighted by Gasteiger charge is 2.06. The maximum atomic E-state index is 6.19. The van der Waals surface area contributed by atoms with Gasteiger partial charge in [-0.3, -0.25) is 0 Å². The lowest BCUT2D eigenvalue weighted by atomic mass is 10.0. The summed E-state index contributed by atoms with van der Waals surface area (Å²) in [5.41, 5.74) is 8.44. The minimum atomic E-state index is 0.00567. The van der Waals surface area contributed by atoms with Gasteiger partial charge in [0.25, 0.3) is 0 Å². The van der Waals surface area contributed by atoms with Gasteiger partial charge in [0.05, 0.1) is 0 Å². The van der Waals surface area contributed by atoms with E-state index in [2.05, 4.69) is 24.0 Å². The first-order valence-electron chi connectivity index (χ1n) is 7.21. The van der Waals surface area contributed by atoms with E-state index in [4.69, 9.17) is 10.5 Å². The summed E-state index contributed by atoms with van der Waals surface area (Å²) in [7, 11) is 0. The van der Waals surface area contributed by atoms with Crippen LogP contribution in [0.4, 0.5) is 0 Å². The zero-order valence-electron chi connectivity index (χ0n) is 12.4. The maximum absolute atomic E-state index is 6.19. The summed E-state index contributed by atoms with van der Waals surface area (Å²) in [4.78, 5) is 0. The molecule has 0 saturated carbocycles. The molecule has 0 spiro atoms. The van der Waals surface area contributed by atoms with Gasteiger partial charge in [-0.2, -0.15) is 0 Å². The highest BCUT2D eigenvalue weighted by molar-refractivity contribution is 5.31. The fourth-order valence-corrected chi connectivity index (χ4v) is 2.10. The topological polar surface area (TPSA) is 35.2 Å². The second-order valence-corrected chi connectivity index (χ2v) is 4.92. The average Bonchev–Trinajstić information content (AvgIpc) is 2.54. The Morgan fingerprint density at radius 1 is 1.10 bits per heavy atom. The van der Waals surface area contributed by atoms with E-state index in [9.17, 15) is 0 Å². The molecule has 2 aromatic carbocycles. The van der Waals surface area contributed by atoms with E-state index >= 15 is 0 Å². The monoisotopic (exact) mass is 279 g/mol. The van der Waals surface area contributed by atoms with Crippen LogP contribution in [0.1, 0.15) is 36.9 Å². The summed E-state index contributed by atoms with van der Waals surface area (Å²) in [5.74, 6) is 6.80. The van der Waals surface area contributed by atoms with E-state index in [1.807, 2.05) is 49.4 Å². The van der Waals surface area contributed by atoms with Gasteiger partial charge >= 0.3 is 0 Å². The molecule has 0 fully saturated rings. The van der Waals surface area contributed by atoms with Gasteiger partial charge < -0.3 is 10.5 Å². The molecule has 0 aliphatic carbocycles. The first-order chi connectivity index (χ1) is 10.3. The summed E-state index contributed by atoms with van der Waals surface area (Å²) in [6.07, 6.45) is 1.69. The Balaban J connectivity index is 1.95. The van der Waals surface area contributed by atoms with Crippen molar-refractivity contribution in [2.75, 3.05) is 0 Å². The number of hydrogen-bond acceptors (Lipinski definition) is 2. The van der Waals surface area contributed by atoms with Crippen molar-refractivity contribution in [1.29, 1.82) is 0 Å². The molecule has 0 heterocycles. The minimum Gasteiger partial charge on any atom is -0.489 e. The lowest BCUT2D eigenvalue weighted by Gasteiger charge is -2.12. The summed E-state index contributed by atoms with van der Waals surface area (Å²) < 4.78 is 5.82. The largest absolute Gasteiger partial charge is 0.489 e. The Hall–Kier alpha value is -2.24. The van der Waals surface area contributed by atoms with Crippen LogP contribution in [0.3, 0.4) is 0 Å². The fourth-order valence-electron chi connectivity index (χ4n) is 2.10. The van der Waals surface area contributed by atoms with Crippen LogP contribution in [-0.2, 0) is 6.61 Å². The molecule has 1 atom stereocenters. The third-order valence-corrected chi connectivity index (χ3v) is 3.29. The molecule has 0 bridgehead atoms.